The van der Waals surface area contributed by atoms with Crippen LogP contribution in [0.15, 0.2) is 36.1 Å². The van der Waals surface area contributed by atoms with E-state index in [1.807, 2.05) is 18.2 Å². The topological polar surface area (TPSA) is 37.0 Å². The summed E-state index contributed by atoms with van der Waals surface area (Å²) in [5, 5.41) is 4.40. The van der Waals surface area contributed by atoms with E-state index >= 15 is 0 Å². The van der Waals surface area contributed by atoms with Crippen molar-refractivity contribution in [2.75, 3.05) is 13.1 Å². The molecule has 0 spiro atoms. The number of nitrogens with one attached hydrogen (secondary N) is 2. The molecule has 4 rings (SSSR count). The monoisotopic (exact) mass is 348 g/mol. The maximum atomic E-state index is 12.8. The summed E-state index contributed by atoms with van der Waals surface area (Å²) in [4.78, 5) is 3.45. The Bertz CT molecular complexity index is 861. The number of rotatable bonds is 2. The number of H-pyrrole nitrogens is 1. The van der Waals surface area contributed by atoms with Crippen molar-refractivity contribution in [2.45, 2.75) is 32.0 Å². The molecule has 132 valence electrons. The van der Waals surface area contributed by atoms with Crippen LogP contribution in [0.2, 0.25) is 0 Å². The van der Waals surface area contributed by atoms with Gasteiger partial charge in [-0.3, -0.25) is 0 Å². The number of fused-ring (bicyclic) bond motifs is 3. The van der Waals surface area contributed by atoms with E-state index in [1.54, 1.807) is 6.08 Å². The molecule has 6 heteroatoms. The van der Waals surface area contributed by atoms with E-state index in [1.165, 1.54) is 17.3 Å². The minimum atomic E-state index is -4.69. The number of hydrogen-bond acceptors (Lipinski definition) is 2. The Morgan fingerprint density at radius 1 is 1.04 bits per heavy atom. The zero-order valence-electron chi connectivity index (χ0n) is 13.7. The molecule has 0 bridgehead atoms. The van der Waals surface area contributed by atoms with Crippen LogP contribution in [0.4, 0.5) is 13.2 Å². The second-order valence-corrected chi connectivity index (χ2v) is 6.39. The van der Waals surface area contributed by atoms with Crippen molar-refractivity contribution in [1.82, 2.24) is 10.3 Å². The molecule has 1 aliphatic carbocycles. The molecular formula is C19H19F3N2O. The lowest BCUT2D eigenvalue weighted by Gasteiger charge is -2.19. The van der Waals surface area contributed by atoms with Crippen LogP contribution < -0.4 is 5.32 Å². The predicted molar refractivity (Wildman–Crippen MR) is 91.0 cm³/mol. The van der Waals surface area contributed by atoms with Crippen LogP contribution in [0.25, 0.3) is 16.5 Å². The molecule has 1 aromatic heterocycles. The van der Waals surface area contributed by atoms with Crippen molar-refractivity contribution in [3.63, 3.8) is 0 Å². The average Bonchev–Trinajstić information content (AvgIpc) is 2.76. The van der Waals surface area contributed by atoms with Crippen LogP contribution in [0.1, 0.15) is 29.7 Å². The summed E-state index contributed by atoms with van der Waals surface area (Å²) < 4.78 is 42.7. The third-order valence-corrected chi connectivity index (χ3v) is 4.80. The highest BCUT2D eigenvalue weighted by molar-refractivity contribution is 5.96. The Hall–Kier alpha value is -2.21. The maximum Gasteiger partial charge on any atom is 0.573 e. The summed E-state index contributed by atoms with van der Waals surface area (Å²) in [6.07, 6.45) is 1.50. The van der Waals surface area contributed by atoms with E-state index in [0.717, 1.165) is 42.4 Å². The summed E-state index contributed by atoms with van der Waals surface area (Å²) in [6.45, 7) is 1.78. The lowest BCUT2D eigenvalue weighted by Crippen LogP contribution is -2.16. The quantitative estimate of drug-likeness (QED) is 0.841. The highest BCUT2D eigenvalue weighted by atomic mass is 19.4. The van der Waals surface area contributed by atoms with Crippen molar-refractivity contribution >= 4 is 16.5 Å². The Morgan fingerprint density at radius 2 is 1.88 bits per heavy atom. The third-order valence-electron chi connectivity index (χ3n) is 4.80. The molecule has 25 heavy (non-hydrogen) atoms. The van der Waals surface area contributed by atoms with Gasteiger partial charge in [0.25, 0.3) is 0 Å². The largest absolute Gasteiger partial charge is 0.573 e. The van der Waals surface area contributed by atoms with Crippen molar-refractivity contribution in [1.29, 1.82) is 0 Å². The van der Waals surface area contributed by atoms with Crippen LogP contribution >= 0.6 is 0 Å². The van der Waals surface area contributed by atoms with Crippen molar-refractivity contribution < 1.29 is 17.9 Å². The third kappa shape index (κ3) is 3.18. The Morgan fingerprint density at radius 3 is 2.72 bits per heavy atom. The minimum Gasteiger partial charge on any atom is -0.405 e. The van der Waals surface area contributed by atoms with E-state index in [0.29, 0.717) is 18.4 Å². The fourth-order valence-corrected chi connectivity index (χ4v) is 3.79. The van der Waals surface area contributed by atoms with E-state index in [2.05, 4.69) is 15.0 Å². The molecule has 0 saturated heterocycles. The molecular weight excluding hydrogens is 329 g/mol. The fraction of sp³-hybridized carbons (Fsp3) is 0.368. The first-order chi connectivity index (χ1) is 12.0. The molecule has 2 heterocycles. The smallest absolute Gasteiger partial charge is 0.405 e. The van der Waals surface area contributed by atoms with E-state index in [9.17, 15) is 13.2 Å². The van der Waals surface area contributed by atoms with Gasteiger partial charge in [0, 0.05) is 35.1 Å². The summed E-state index contributed by atoms with van der Waals surface area (Å²) in [6, 6.07) is 5.79. The van der Waals surface area contributed by atoms with E-state index in [4.69, 9.17) is 0 Å². The van der Waals surface area contributed by atoms with Crippen LogP contribution in [-0.2, 0) is 17.6 Å². The average molecular weight is 348 g/mol. The Labute approximate surface area is 143 Å². The first-order valence-corrected chi connectivity index (χ1v) is 8.52. The zero-order valence-corrected chi connectivity index (χ0v) is 13.7. The molecule has 2 aromatic rings. The number of benzene rings is 1. The van der Waals surface area contributed by atoms with Gasteiger partial charge in [-0.15, -0.1) is 13.2 Å². The van der Waals surface area contributed by atoms with Gasteiger partial charge < -0.3 is 15.0 Å². The molecule has 1 aromatic carbocycles. The second-order valence-electron chi connectivity index (χ2n) is 6.39. The molecule has 0 atom stereocenters. The van der Waals surface area contributed by atoms with Crippen LogP contribution in [0, 0.1) is 0 Å². The SMILES string of the molecule is FC(F)(F)OC1=C(c2cccc3[nH]c4c(c23)CCNCC4)CCC=C1. The Balaban J connectivity index is 1.90. The van der Waals surface area contributed by atoms with Gasteiger partial charge in [0.05, 0.1) is 0 Å². The lowest BCUT2D eigenvalue weighted by atomic mass is 9.91. The standard InChI is InChI=1S/C19H19F3N2O/c20-19(21,22)25-17-7-2-1-4-12(17)13-5-3-6-16-18(13)14-8-10-23-11-9-15(14)24-16/h2-3,5-7,23-24H,1,4,8-11H2. The molecule has 0 unspecified atom stereocenters. The van der Waals surface area contributed by atoms with Gasteiger partial charge in [-0.05, 0) is 49.1 Å². The molecule has 3 nitrogen and oxygen atoms in total. The molecule has 2 N–H and O–H groups in total. The van der Waals surface area contributed by atoms with Gasteiger partial charge in [0.2, 0.25) is 0 Å². The van der Waals surface area contributed by atoms with Gasteiger partial charge in [-0.25, -0.2) is 0 Å². The van der Waals surface area contributed by atoms with Crippen LogP contribution in [0.3, 0.4) is 0 Å². The van der Waals surface area contributed by atoms with E-state index < -0.39 is 6.36 Å². The van der Waals surface area contributed by atoms with Gasteiger partial charge in [-0.2, -0.15) is 0 Å². The summed E-state index contributed by atoms with van der Waals surface area (Å²) in [7, 11) is 0. The number of ether oxygens (including phenoxy) is 1. The van der Waals surface area contributed by atoms with Gasteiger partial charge in [0.15, 0.2) is 0 Å². The number of aromatic nitrogens is 1. The molecule has 2 aliphatic rings. The summed E-state index contributed by atoms with van der Waals surface area (Å²) >= 11 is 0. The number of allylic oxidation sites excluding steroid dienone is 3. The molecule has 0 fully saturated rings. The van der Waals surface area contributed by atoms with Gasteiger partial charge >= 0.3 is 6.36 Å². The first kappa shape index (κ1) is 16.3. The van der Waals surface area contributed by atoms with Crippen LogP contribution in [0.5, 0.6) is 0 Å². The fourth-order valence-electron chi connectivity index (χ4n) is 3.79. The number of halogens is 3. The molecule has 0 saturated carbocycles. The number of aromatic amines is 1. The molecule has 0 radical (unpaired) electrons. The molecule has 1 aliphatic heterocycles. The zero-order chi connectivity index (χ0) is 17.4. The maximum absolute atomic E-state index is 12.8. The first-order valence-electron chi connectivity index (χ1n) is 8.52. The minimum absolute atomic E-state index is 0.0899. The van der Waals surface area contributed by atoms with Crippen molar-refractivity contribution in [3.05, 3.63) is 52.9 Å². The van der Waals surface area contributed by atoms with Crippen molar-refractivity contribution in [3.8, 4) is 0 Å². The second kappa shape index (κ2) is 6.26. The van der Waals surface area contributed by atoms with Gasteiger partial charge in [0.1, 0.15) is 5.76 Å². The van der Waals surface area contributed by atoms with E-state index in [-0.39, 0.29) is 5.76 Å². The Kier molecular flexibility index (Phi) is 4.07. The highest BCUT2D eigenvalue weighted by Crippen LogP contribution is 2.38. The van der Waals surface area contributed by atoms with Crippen LogP contribution in [-0.4, -0.2) is 24.4 Å². The lowest BCUT2D eigenvalue weighted by molar-refractivity contribution is -0.303. The van der Waals surface area contributed by atoms with Gasteiger partial charge in [-0.1, -0.05) is 18.2 Å². The summed E-state index contributed by atoms with van der Waals surface area (Å²) in [5.41, 5.74) is 4.85. The molecule has 0 amide bonds. The number of hydrogen-bond donors (Lipinski definition) is 2. The summed E-state index contributed by atoms with van der Waals surface area (Å²) in [5.74, 6) is -0.0899. The van der Waals surface area contributed by atoms with Crippen molar-refractivity contribution in [2.24, 2.45) is 0 Å². The number of alkyl halides is 3. The highest BCUT2D eigenvalue weighted by Gasteiger charge is 2.33. The predicted octanol–water partition coefficient (Wildman–Crippen LogP) is 4.45. The normalized spacial score (nSPS) is 18.4.